The second kappa shape index (κ2) is 5.27. The predicted octanol–water partition coefficient (Wildman–Crippen LogP) is 3.11. The van der Waals surface area contributed by atoms with Gasteiger partial charge in [0.25, 0.3) is 0 Å². The van der Waals surface area contributed by atoms with E-state index in [0.29, 0.717) is 18.0 Å². The third-order valence-electron chi connectivity index (χ3n) is 2.61. The highest BCUT2D eigenvalue weighted by Gasteiger charge is 2.11. The zero-order chi connectivity index (χ0) is 13.1. The van der Waals surface area contributed by atoms with Crippen molar-refractivity contribution < 1.29 is 13.2 Å². The molecule has 1 unspecified atom stereocenters. The minimum atomic E-state index is -0.839. The molecule has 0 aliphatic rings. The van der Waals surface area contributed by atoms with Crippen LogP contribution in [0.3, 0.4) is 0 Å². The van der Waals surface area contributed by atoms with E-state index in [2.05, 4.69) is 10.3 Å². The lowest BCUT2D eigenvalue weighted by molar-refractivity contribution is 0.402. The Balaban J connectivity index is 1.97. The van der Waals surface area contributed by atoms with Crippen LogP contribution in [-0.2, 0) is 6.54 Å². The predicted molar refractivity (Wildman–Crippen MR) is 62.9 cm³/mol. The number of nitrogens with zero attached hydrogens (tertiary/aromatic N) is 1. The van der Waals surface area contributed by atoms with Crippen molar-refractivity contribution in [2.75, 3.05) is 0 Å². The standard InChI is InChI=1S/C13H14F2N2O/c1-8-6-17-13(18-8)9(2)16-7-10-3-4-11(14)12(15)5-10/h3-6,9,16H,7H2,1-2H3. The van der Waals surface area contributed by atoms with E-state index in [0.717, 1.165) is 11.8 Å². The molecular formula is C13H14F2N2O. The zero-order valence-electron chi connectivity index (χ0n) is 10.2. The van der Waals surface area contributed by atoms with Crippen molar-refractivity contribution in [3.63, 3.8) is 0 Å². The molecule has 0 aliphatic carbocycles. The monoisotopic (exact) mass is 252 g/mol. The van der Waals surface area contributed by atoms with Gasteiger partial charge in [-0.2, -0.15) is 0 Å². The molecule has 1 aromatic heterocycles. The summed E-state index contributed by atoms with van der Waals surface area (Å²) in [4.78, 5) is 4.10. The lowest BCUT2D eigenvalue weighted by Crippen LogP contribution is -2.18. The van der Waals surface area contributed by atoms with Gasteiger partial charge in [0.2, 0.25) is 5.89 Å². The molecule has 5 heteroatoms. The average molecular weight is 252 g/mol. The summed E-state index contributed by atoms with van der Waals surface area (Å²) in [6, 6.07) is 3.74. The Labute approximate surface area is 104 Å². The van der Waals surface area contributed by atoms with E-state index in [9.17, 15) is 8.78 Å². The van der Waals surface area contributed by atoms with Crippen molar-refractivity contribution in [1.82, 2.24) is 10.3 Å². The maximum Gasteiger partial charge on any atom is 0.211 e. The van der Waals surface area contributed by atoms with Gasteiger partial charge in [0.15, 0.2) is 11.6 Å². The summed E-state index contributed by atoms with van der Waals surface area (Å²) in [6.45, 7) is 4.13. The van der Waals surface area contributed by atoms with E-state index in [1.165, 1.54) is 6.07 Å². The molecule has 0 radical (unpaired) electrons. The number of oxazole rings is 1. The van der Waals surface area contributed by atoms with Crippen molar-refractivity contribution in [3.05, 3.63) is 53.2 Å². The van der Waals surface area contributed by atoms with Crippen LogP contribution < -0.4 is 5.32 Å². The number of rotatable bonds is 4. The number of aryl methyl sites for hydroxylation is 1. The van der Waals surface area contributed by atoms with E-state index < -0.39 is 11.6 Å². The molecule has 0 aliphatic heterocycles. The quantitative estimate of drug-likeness (QED) is 0.908. The van der Waals surface area contributed by atoms with Crippen LogP contribution in [0.15, 0.2) is 28.8 Å². The number of benzene rings is 1. The summed E-state index contributed by atoms with van der Waals surface area (Å²) >= 11 is 0. The molecule has 0 saturated carbocycles. The summed E-state index contributed by atoms with van der Waals surface area (Å²) < 4.78 is 31.1. The highest BCUT2D eigenvalue weighted by molar-refractivity contribution is 5.17. The minimum Gasteiger partial charge on any atom is -0.444 e. The first-order valence-electron chi connectivity index (χ1n) is 5.66. The Hall–Kier alpha value is -1.75. The summed E-state index contributed by atoms with van der Waals surface area (Å²) in [5.74, 6) is -0.356. The molecule has 0 saturated heterocycles. The van der Waals surface area contributed by atoms with Gasteiger partial charge in [0, 0.05) is 6.54 Å². The first kappa shape index (κ1) is 12.7. The lowest BCUT2D eigenvalue weighted by Gasteiger charge is -2.10. The fraction of sp³-hybridized carbons (Fsp3) is 0.308. The second-order valence-corrected chi connectivity index (χ2v) is 4.16. The molecule has 1 atom stereocenters. The smallest absolute Gasteiger partial charge is 0.211 e. The number of hydrogen-bond donors (Lipinski definition) is 1. The van der Waals surface area contributed by atoms with Gasteiger partial charge in [-0.15, -0.1) is 0 Å². The largest absolute Gasteiger partial charge is 0.444 e. The number of nitrogens with one attached hydrogen (secondary N) is 1. The number of hydrogen-bond acceptors (Lipinski definition) is 3. The molecule has 1 aromatic carbocycles. The first-order chi connectivity index (χ1) is 8.56. The maximum atomic E-state index is 13.0. The Morgan fingerprint density at radius 1 is 1.33 bits per heavy atom. The fourth-order valence-corrected chi connectivity index (χ4v) is 1.58. The Morgan fingerprint density at radius 2 is 2.11 bits per heavy atom. The van der Waals surface area contributed by atoms with Gasteiger partial charge >= 0.3 is 0 Å². The summed E-state index contributed by atoms with van der Waals surface area (Å²) in [5, 5.41) is 3.13. The SMILES string of the molecule is Cc1cnc(C(C)NCc2ccc(F)c(F)c2)o1. The normalized spacial score (nSPS) is 12.7. The molecule has 0 amide bonds. The van der Waals surface area contributed by atoms with Crippen LogP contribution in [0.1, 0.15) is 30.2 Å². The van der Waals surface area contributed by atoms with Crippen molar-refractivity contribution in [2.45, 2.75) is 26.4 Å². The van der Waals surface area contributed by atoms with Gasteiger partial charge in [-0.05, 0) is 31.5 Å². The second-order valence-electron chi connectivity index (χ2n) is 4.16. The zero-order valence-corrected chi connectivity index (χ0v) is 10.2. The van der Waals surface area contributed by atoms with Crippen LogP contribution in [0.2, 0.25) is 0 Å². The Bertz CT molecular complexity index is 540. The van der Waals surface area contributed by atoms with Gasteiger partial charge < -0.3 is 9.73 Å². The summed E-state index contributed by atoms with van der Waals surface area (Å²) in [7, 11) is 0. The summed E-state index contributed by atoms with van der Waals surface area (Å²) in [5.41, 5.74) is 0.670. The van der Waals surface area contributed by atoms with E-state index in [1.54, 1.807) is 12.3 Å². The fourth-order valence-electron chi connectivity index (χ4n) is 1.58. The van der Waals surface area contributed by atoms with Crippen LogP contribution in [0.4, 0.5) is 8.78 Å². The molecular weight excluding hydrogens is 238 g/mol. The molecule has 0 spiro atoms. The first-order valence-corrected chi connectivity index (χ1v) is 5.66. The minimum absolute atomic E-state index is 0.0909. The van der Waals surface area contributed by atoms with Crippen LogP contribution in [-0.4, -0.2) is 4.98 Å². The van der Waals surface area contributed by atoms with E-state index >= 15 is 0 Å². The van der Waals surface area contributed by atoms with Crippen molar-refractivity contribution in [1.29, 1.82) is 0 Å². The molecule has 96 valence electrons. The van der Waals surface area contributed by atoms with Gasteiger partial charge in [0.1, 0.15) is 5.76 Å². The number of halogens is 2. The van der Waals surface area contributed by atoms with Crippen molar-refractivity contribution in [3.8, 4) is 0 Å². The van der Waals surface area contributed by atoms with Crippen molar-refractivity contribution in [2.24, 2.45) is 0 Å². The third kappa shape index (κ3) is 2.92. The molecule has 18 heavy (non-hydrogen) atoms. The maximum absolute atomic E-state index is 13.0. The summed E-state index contributed by atoms with van der Waals surface area (Å²) in [6.07, 6.45) is 1.64. The lowest BCUT2D eigenvalue weighted by atomic mass is 10.2. The van der Waals surface area contributed by atoms with E-state index in [4.69, 9.17) is 4.42 Å². The van der Waals surface area contributed by atoms with E-state index in [-0.39, 0.29) is 6.04 Å². The molecule has 0 bridgehead atoms. The highest BCUT2D eigenvalue weighted by atomic mass is 19.2. The van der Waals surface area contributed by atoms with Gasteiger partial charge in [-0.3, -0.25) is 0 Å². The molecule has 2 rings (SSSR count). The molecule has 3 nitrogen and oxygen atoms in total. The van der Waals surface area contributed by atoms with Crippen LogP contribution >= 0.6 is 0 Å². The Kier molecular flexibility index (Phi) is 3.72. The topological polar surface area (TPSA) is 38.1 Å². The van der Waals surface area contributed by atoms with Crippen molar-refractivity contribution >= 4 is 0 Å². The van der Waals surface area contributed by atoms with Crippen LogP contribution in [0, 0.1) is 18.6 Å². The molecule has 2 aromatic rings. The van der Waals surface area contributed by atoms with Crippen LogP contribution in [0.25, 0.3) is 0 Å². The average Bonchev–Trinajstić information content (AvgIpc) is 2.77. The number of aromatic nitrogens is 1. The highest BCUT2D eigenvalue weighted by Crippen LogP contribution is 2.14. The Morgan fingerprint density at radius 3 is 2.72 bits per heavy atom. The molecule has 1 N–H and O–H groups in total. The van der Waals surface area contributed by atoms with Gasteiger partial charge in [-0.25, -0.2) is 13.8 Å². The van der Waals surface area contributed by atoms with Crippen LogP contribution in [0.5, 0.6) is 0 Å². The molecule has 1 heterocycles. The molecule has 0 fully saturated rings. The van der Waals surface area contributed by atoms with Gasteiger partial charge in [0.05, 0.1) is 12.2 Å². The third-order valence-corrected chi connectivity index (χ3v) is 2.61. The van der Waals surface area contributed by atoms with Gasteiger partial charge in [-0.1, -0.05) is 6.07 Å². The van der Waals surface area contributed by atoms with E-state index in [1.807, 2.05) is 13.8 Å².